The second-order valence-electron chi connectivity index (χ2n) is 8.78. The average molecular weight is 483 g/mol. The molecule has 1 aliphatic heterocycles. The molecule has 1 aliphatic carbocycles. The minimum absolute atomic E-state index is 0.486. The number of methoxy groups -OCH3 is 1. The second kappa shape index (κ2) is 12.5. The molecular weight excluding hydrogens is 439 g/mol. The zero-order chi connectivity index (χ0) is 19.5. The molecule has 1 saturated carbocycles. The number of aliphatic imine (C=N–C) groups is 1. The van der Waals surface area contributed by atoms with E-state index in [-0.39, 0.29) is 0 Å². The maximum atomic E-state index is 5.59. The molecule has 156 valence electrons. The predicted molar refractivity (Wildman–Crippen MR) is 121 cm³/mol. The van der Waals surface area contributed by atoms with Gasteiger partial charge in [0.05, 0.1) is 0 Å². The molecule has 0 N–H and O–H groups in total. The van der Waals surface area contributed by atoms with Crippen molar-refractivity contribution >= 4 is 24.6 Å². The molecule has 0 amide bonds. The molecule has 1 heterocycles. The molecule has 2 rings (SSSR count). The van der Waals surface area contributed by atoms with Crippen LogP contribution in [0.3, 0.4) is 0 Å². The Hall–Kier alpha value is -0.0313. The summed E-state index contributed by atoms with van der Waals surface area (Å²) in [5.74, 6) is 0. The SMILES string of the molecule is CCC[CH2][Sn]([CH2]CCC)([CH2]CCC)[C]1=CN(C2CCC(OC)CC2)CC=N1. The molecule has 0 saturated heterocycles. The zero-order valence-electron chi connectivity index (χ0n) is 18.5. The van der Waals surface area contributed by atoms with Crippen LogP contribution in [-0.4, -0.2) is 55.3 Å². The van der Waals surface area contributed by atoms with Gasteiger partial charge in [0, 0.05) is 0 Å². The summed E-state index contributed by atoms with van der Waals surface area (Å²) in [5, 5.41) is 0. The van der Waals surface area contributed by atoms with Crippen molar-refractivity contribution in [2.45, 2.75) is 110 Å². The molecule has 0 bridgehead atoms. The van der Waals surface area contributed by atoms with Crippen LogP contribution in [0.5, 0.6) is 0 Å². The molecule has 27 heavy (non-hydrogen) atoms. The molecule has 0 aromatic heterocycles. The number of nitrogens with zero attached hydrogens (tertiary/aromatic N) is 2. The first-order valence-electron chi connectivity index (χ1n) is 11.7. The standard InChI is InChI=1S/C11H17N2O.3C4H9.Sn/c1-14-11-4-2-10(3-5-11)13-8-6-12-7-9-13;3*1-3-4-2;/h6,9-11H,2-5,8H2,1H3;3*1,3-4H2,2H3;. The van der Waals surface area contributed by atoms with Crippen LogP contribution in [0.25, 0.3) is 0 Å². The molecule has 0 aromatic carbocycles. The van der Waals surface area contributed by atoms with E-state index < -0.39 is 18.4 Å². The van der Waals surface area contributed by atoms with Crippen molar-refractivity contribution < 1.29 is 4.74 Å². The molecule has 1 fully saturated rings. The Bertz CT molecular complexity index is 447. The van der Waals surface area contributed by atoms with Gasteiger partial charge >= 0.3 is 173 Å². The van der Waals surface area contributed by atoms with E-state index in [2.05, 4.69) is 38.1 Å². The number of ether oxygens (including phenoxy) is 1. The van der Waals surface area contributed by atoms with Gasteiger partial charge in [-0.25, -0.2) is 0 Å². The van der Waals surface area contributed by atoms with E-state index in [1.165, 1.54) is 77.5 Å². The van der Waals surface area contributed by atoms with Crippen LogP contribution in [0, 0.1) is 0 Å². The fraction of sp³-hybridized carbons (Fsp3) is 0.870. The molecule has 0 unspecified atom stereocenters. The van der Waals surface area contributed by atoms with E-state index in [9.17, 15) is 0 Å². The zero-order valence-corrected chi connectivity index (χ0v) is 21.4. The van der Waals surface area contributed by atoms with E-state index in [0.717, 1.165) is 6.54 Å². The molecular formula is C23H44N2OSn. The van der Waals surface area contributed by atoms with Crippen LogP contribution in [0.15, 0.2) is 14.9 Å². The van der Waals surface area contributed by atoms with Gasteiger partial charge in [0.1, 0.15) is 0 Å². The van der Waals surface area contributed by atoms with Crippen LogP contribution in [0.2, 0.25) is 13.3 Å². The van der Waals surface area contributed by atoms with E-state index >= 15 is 0 Å². The molecule has 3 nitrogen and oxygen atoms in total. The fourth-order valence-electron chi connectivity index (χ4n) is 4.92. The summed E-state index contributed by atoms with van der Waals surface area (Å²) in [7, 11) is 1.87. The number of hydrogen-bond acceptors (Lipinski definition) is 3. The summed E-state index contributed by atoms with van der Waals surface area (Å²) in [6.45, 7) is 8.09. The average Bonchev–Trinajstić information content (AvgIpc) is 2.73. The topological polar surface area (TPSA) is 24.8 Å². The second-order valence-corrected chi connectivity index (χ2v) is 21.8. The summed E-state index contributed by atoms with van der Waals surface area (Å²) in [5.41, 5.74) is 0. The Kier molecular flexibility index (Phi) is 10.8. The van der Waals surface area contributed by atoms with Gasteiger partial charge in [-0.2, -0.15) is 0 Å². The van der Waals surface area contributed by atoms with Gasteiger partial charge in [-0.3, -0.25) is 0 Å². The molecule has 0 atom stereocenters. The first-order valence-corrected chi connectivity index (χ1v) is 19.2. The number of unbranched alkanes of at least 4 members (excludes halogenated alkanes) is 3. The number of rotatable bonds is 12. The Morgan fingerprint density at radius 1 is 0.963 bits per heavy atom. The van der Waals surface area contributed by atoms with Crippen molar-refractivity contribution in [3.63, 3.8) is 0 Å². The Balaban J connectivity index is 2.17. The van der Waals surface area contributed by atoms with E-state index in [0.29, 0.717) is 12.1 Å². The Morgan fingerprint density at radius 2 is 1.52 bits per heavy atom. The molecule has 0 aromatic rings. The third-order valence-corrected chi connectivity index (χ3v) is 21.9. The van der Waals surface area contributed by atoms with Crippen molar-refractivity contribution in [3.05, 3.63) is 9.91 Å². The fourth-order valence-corrected chi connectivity index (χ4v) is 20.4. The monoisotopic (exact) mass is 484 g/mol. The van der Waals surface area contributed by atoms with Crippen molar-refractivity contribution in [1.29, 1.82) is 0 Å². The van der Waals surface area contributed by atoms with E-state index in [1.807, 2.05) is 7.11 Å². The third-order valence-electron chi connectivity index (χ3n) is 6.83. The van der Waals surface area contributed by atoms with Crippen LogP contribution in [-0.2, 0) is 4.74 Å². The van der Waals surface area contributed by atoms with Crippen LogP contribution in [0.1, 0.15) is 85.0 Å². The molecule has 0 spiro atoms. The van der Waals surface area contributed by atoms with Crippen LogP contribution in [0.4, 0.5) is 0 Å². The molecule has 2 aliphatic rings. The van der Waals surface area contributed by atoms with Crippen molar-refractivity contribution in [1.82, 2.24) is 4.90 Å². The molecule has 4 heteroatoms. The summed E-state index contributed by atoms with van der Waals surface area (Å²) in [6, 6.07) is 0.700. The van der Waals surface area contributed by atoms with Crippen molar-refractivity contribution in [2.24, 2.45) is 4.99 Å². The van der Waals surface area contributed by atoms with Gasteiger partial charge in [0.25, 0.3) is 0 Å². The molecule has 0 radical (unpaired) electrons. The predicted octanol–water partition coefficient (Wildman–Crippen LogP) is 6.56. The normalized spacial score (nSPS) is 23.6. The van der Waals surface area contributed by atoms with Crippen LogP contribution >= 0.6 is 0 Å². The van der Waals surface area contributed by atoms with Gasteiger partial charge in [-0.1, -0.05) is 0 Å². The van der Waals surface area contributed by atoms with E-state index in [4.69, 9.17) is 9.73 Å². The first kappa shape index (κ1) is 23.2. The summed E-state index contributed by atoms with van der Waals surface area (Å²) >= 11 is -2.40. The van der Waals surface area contributed by atoms with E-state index in [1.54, 1.807) is 3.71 Å². The quantitative estimate of drug-likeness (QED) is 0.294. The van der Waals surface area contributed by atoms with Crippen molar-refractivity contribution in [2.75, 3.05) is 13.7 Å². The summed E-state index contributed by atoms with van der Waals surface area (Å²) in [6.07, 6.45) is 18.5. The Morgan fingerprint density at radius 3 is 2.00 bits per heavy atom. The summed E-state index contributed by atoms with van der Waals surface area (Å²) in [4.78, 5) is 7.76. The maximum absolute atomic E-state index is 5.59. The van der Waals surface area contributed by atoms with Gasteiger partial charge in [0.2, 0.25) is 0 Å². The Labute approximate surface area is 172 Å². The summed E-state index contributed by atoms with van der Waals surface area (Å²) < 4.78 is 11.7. The van der Waals surface area contributed by atoms with Gasteiger partial charge in [-0.05, 0) is 0 Å². The van der Waals surface area contributed by atoms with Crippen molar-refractivity contribution in [3.8, 4) is 0 Å². The third kappa shape index (κ3) is 6.76. The van der Waals surface area contributed by atoms with Gasteiger partial charge in [-0.15, -0.1) is 0 Å². The number of hydrogen-bond donors (Lipinski definition) is 0. The first-order chi connectivity index (χ1) is 13.2. The van der Waals surface area contributed by atoms with Gasteiger partial charge < -0.3 is 0 Å². The van der Waals surface area contributed by atoms with Crippen LogP contribution < -0.4 is 0 Å². The minimum atomic E-state index is -2.40. The van der Waals surface area contributed by atoms with Gasteiger partial charge in [0.15, 0.2) is 0 Å².